The molecule has 0 spiro atoms. The van der Waals surface area contributed by atoms with Crippen molar-refractivity contribution in [1.82, 2.24) is 20.4 Å². The van der Waals surface area contributed by atoms with E-state index in [1.54, 1.807) is 0 Å². The number of rotatable bonds is 6. The highest BCUT2D eigenvalue weighted by Crippen LogP contribution is 2.31. The van der Waals surface area contributed by atoms with Crippen LogP contribution in [0.15, 0.2) is 18.2 Å². The second-order valence-electron chi connectivity index (χ2n) is 8.97. The maximum Gasteiger partial charge on any atom is 0.309 e. The lowest BCUT2D eigenvalue weighted by Crippen LogP contribution is -2.50. The van der Waals surface area contributed by atoms with Gasteiger partial charge >= 0.3 is 11.8 Å². The first kappa shape index (κ1) is 22.0. The van der Waals surface area contributed by atoms with E-state index in [0.29, 0.717) is 13.1 Å². The number of nitrogens with one attached hydrogen (secondary N) is 2. The summed E-state index contributed by atoms with van der Waals surface area (Å²) in [6, 6.07) is 6.70. The smallest absolute Gasteiger partial charge is 0.309 e. The third-order valence-electron chi connectivity index (χ3n) is 6.77. The molecule has 3 aliphatic rings. The van der Waals surface area contributed by atoms with Gasteiger partial charge in [0.15, 0.2) is 0 Å². The molecule has 8 nitrogen and oxygen atoms in total. The second-order valence-corrected chi connectivity index (χ2v) is 8.97. The molecular formula is C23H35N5O3. The van der Waals surface area contributed by atoms with Crippen LogP contribution in [-0.2, 0) is 20.7 Å². The van der Waals surface area contributed by atoms with Crippen molar-refractivity contribution < 1.29 is 14.3 Å². The lowest BCUT2D eigenvalue weighted by molar-refractivity contribution is -0.139. The van der Waals surface area contributed by atoms with Crippen LogP contribution < -0.4 is 15.5 Å². The molecule has 0 aromatic heterocycles. The van der Waals surface area contributed by atoms with Gasteiger partial charge in [-0.15, -0.1) is 0 Å². The van der Waals surface area contributed by atoms with E-state index in [2.05, 4.69) is 57.6 Å². The fourth-order valence-electron chi connectivity index (χ4n) is 4.75. The molecular weight excluding hydrogens is 394 g/mol. The first-order valence-electron chi connectivity index (χ1n) is 11.5. The quantitative estimate of drug-likeness (QED) is 0.637. The van der Waals surface area contributed by atoms with Gasteiger partial charge in [-0.05, 0) is 43.5 Å². The van der Waals surface area contributed by atoms with Crippen molar-refractivity contribution in [3.63, 3.8) is 0 Å². The Kier molecular flexibility index (Phi) is 7.09. The van der Waals surface area contributed by atoms with Gasteiger partial charge in [-0.1, -0.05) is 12.1 Å². The molecule has 0 aliphatic carbocycles. The Bertz CT molecular complexity index is 787. The van der Waals surface area contributed by atoms with Gasteiger partial charge in [0.2, 0.25) is 0 Å². The van der Waals surface area contributed by atoms with Crippen LogP contribution >= 0.6 is 0 Å². The van der Waals surface area contributed by atoms with Crippen LogP contribution in [0.2, 0.25) is 0 Å². The van der Waals surface area contributed by atoms with Gasteiger partial charge in [0, 0.05) is 65.2 Å². The number of carbonyl (C=O) groups excluding carboxylic acids is 2. The molecule has 1 aromatic rings. The van der Waals surface area contributed by atoms with Crippen molar-refractivity contribution in [2.75, 3.05) is 71.4 Å². The number of amides is 2. The molecule has 0 bridgehead atoms. The highest BCUT2D eigenvalue weighted by atomic mass is 16.5. The highest BCUT2D eigenvalue weighted by molar-refractivity contribution is 6.35. The van der Waals surface area contributed by atoms with E-state index >= 15 is 0 Å². The summed E-state index contributed by atoms with van der Waals surface area (Å²) in [5.41, 5.74) is 3.86. The number of hydrogen-bond acceptors (Lipinski definition) is 6. The highest BCUT2D eigenvalue weighted by Gasteiger charge is 2.27. The van der Waals surface area contributed by atoms with Gasteiger partial charge in [-0.3, -0.25) is 14.5 Å². The van der Waals surface area contributed by atoms with E-state index in [4.69, 9.17) is 4.74 Å². The predicted molar refractivity (Wildman–Crippen MR) is 120 cm³/mol. The molecule has 2 amide bonds. The standard InChI is InChI=1S/C23H35N5O3/c1-26-9-11-28(12-10-26)21(17-5-6-20-18(14-17)7-8-27(20)2)16-25-23(30)22(29)24-15-19-4-3-13-31-19/h5-6,14,19,21H,3-4,7-13,15-16H2,1-2H3,(H,24,29)(H,25,30)/t19-,21-/m0/s1. The van der Waals surface area contributed by atoms with Crippen molar-refractivity contribution in [2.24, 2.45) is 0 Å². The minimum Gasteiger partial charge on any atom is -0.376 e. The van der Waals surface area contributed by atoms with Crippen molar-refractivity contribution in [3.8, 4) is 0 Å². The lowest BCUT2D eigenvalue weighted by Gasteiger charge is -2.38. The zero-order valence-electron chi connectivity index (χ0n) is 18.7. The van der Waals surface area contributed by atoms with Gasteiger partial charge in [-0.2, -0.15) is 0 Å². The van der Waals surface area contributed by atoms with Gasteiger partial charge in [0.25, 0.3) is 0 Å². The van der Waals surface area contributed by atoms with E-state index in [1.165, 1.54) is 16.8 Å². The van der Waals surface area contributed by atoms with Crippen LogP contribution in [0, 0.1) is 0 Å². The van der Waals surface area contributed by atoms with Crippen LogP contribution in [0.1, 0.15) is 30.0 Å². The predicted octanol–water partition coefficient (Wildman–Crippen LogP) is 0.379. The normalized spacial score (nSPS) is 22.9. The van der Waals surface area contributed by atoms with Gasteiger partial charge in [0.05, 0.1) is 12.1 Å². The minimum absolute atomic E-state index is 0.0272. The molecule has 2 fully saturated rings. The number of carbonyl (C=O) groups is 2. The van der Waals surface area contributed by atoms with E-state index in [1.807, 2.05) is 0 Å². The van der Waals surface area contributed by atoms with Crippen molar-refractivity contribution in [2.45, 2.75) is 31.4 Å². The number of benzene rings is 1. The monoisotopic (exact) mass is 429 g/mol. The SMILES string of the molecule is CN1CCN([C@@H](CNC(=O)C(=O)NC[C@@H]2CCCO2)c2ccc3c(c2)CCN3C)CC1. The summed E-state index contributed by atoms with van der Waals surface area (Å²) in [5.74, 6) is -1.15. The molecule has 31 heavy (non-hydrogen) atoms. The molecule has 8 heteroatoms. The number of hydrogen-bond donors (Lipinski definition) is 2. The van der Waals surface area contributed by atoms with Crippen molar-refractivity contribution in [3.05, 3.63) is 29.3 Å². The Morgan fingerprint density at radius 2 is 1.87 bits per heavy atom. The first-order chi connectivity index (χ1) is 15.0. The van der Waals surface area contributed by atoms with E-state index < -0.39 is 11.8 Å². The van der Waals surface area contributed by atoms with Crippen LogP contribution in [0.4, 0.5) is 5.69 Å². The number of anilines is 1. The van der Waals surface area contributed by atoms with E-state index in [0.717, 1.165) is 58.6 Å². The first-order valence-corrected chi connectivity index (χ1v) is 11.5. The summed E-state index contributed by atoms with van der Waals surface area (Å²) >= 11 is 0. The number of ether oxygens (including phenoxy) is 1. The average molecular weight is 430 g/mol. The Hall–Kier alpha value is -2.16. The molecule has 1 aromatic carbocycles. The summed E-state index contributed by atoms with van der Waals surface area (Å²) in [7, 11) is 4.26. The number of likely N-dealkylation sites (N-methyl/N-ethyl adjacent to an activating group) is 2. The Balaban J connectivity index is 1.40. The molecule has 4 rings (SSSR count). The van der Waals surface area contributed by atoms with Gasteiger partial charge in [-0.25, -0.2) is 0 Å². The summed E-state index contributed by atoms with van der Waals surface area (Å²) in [6.45, 7) is 6.48. The number of nitrogens with zero attached hydrogens (tertiary/aromatic N) is 3. The molecule has 2 atom stereocenters. The van der Waals surface area contributed by atoms with Gasteiger partial charge in [0.1, 0.15) is 0 Å². The third-order valence-corrected chi connectivity index (χ3v) is 6.77. The Morgan fingerprint density at radius 1 is 1.10 bits per heavy atom. The molecule has 170 valence electrons. The zero-order valence-corrected chi connectivity index (χ0v) is 18.7. The van der Waals surface area contributed by atoms with Crippen LogP contribution in [0.5, 0.6) is 0 Å². The minimum atomic E-state index is -0.580. The number of piperazine rings is 1. The summed E-state index contributed by atoms with van der Waals surface area (Å²) in [4.78, 5) is 31.7. The molecule has 3 aliphatic heterocycles. The molecule has 0 unspecified atom stereocenters. The molecule has 0 radical (unpaired) electrons. The Morgan fingerprint density at radius 3 is 2.61 bits per heavy atom. The maximum absolute atomic E-state index is 12.5. The summed E-state index contributed by atoms with van der Waals surface area (Å²) in [6.07, 6.45) is 3.02. The van der Waals surface area contributed by atoms with Crippen LogP contribution in [-0.4, -0.2) is 94.2 Å². The topological polar surface area (TPSA) is 77.1 Å². The molecule has 0 saturated carbocycles. The van der Waals surface area contributed by atoms with Crippen LogP contribution in [0.3, 0.4) is 0 Å². The third kappa shape index (κ3) is 5.37. The fraction of sp³-hybridized carbons (Fsp3) is 0.652. The van der Waals surface area contributed by atoms with E-state index in [-0.39, 0.29) is 12.1 Å². The second kappa shape index (κ2) is 9.97. The zero-order chi connectivity index (χ0) is 21.8. The fourth-order valence-corrected chi connectivity index (χ4v) is 4.75. The average Bonchev–Trinajstić information content (AvgIpc) is 3.43. The largest absolute Gasteiger partial charge is 0.376 e. The summed E-state index contributed by atoms with van der Waals surface area (Å²) in [5, 5.41) is 5.59. The van der Waals surface area contributed by atoms with Gasteiger partial charge < -0.3 is 25.2 Å². The molecule has 3 heterocycles. The van der Waals surface area contributed by atoms with Crippen LogP contribution in [0.25, 0.3) is 0 Å². The van der Waals surface area contributed by atoms with Crippen molar-refractivity contribution >= 4 is 17.5 Å². The number of fused-ring (bicyclic) bond motifs is 1. The molecule has 2 N–H and O–H groups in total. The maximum atomic E-state index is 12.5. The van der Waals surface area contributed by atoms with Crippen molar-refractivity contribution in [1.29, 1.82) is 0 Å². The molecule has 2 saturated heterocycles. The Labute approximate surface area is 184 Å². The van der Waals surface area contributed by atoms with E-state index in [9.17, 15) is 9.59 Å². The lowest BCUT2D eigenvalue weighted by atomic mass is 10.00. The summed E-state index contributed by atoms with van der Waals surface area (Å²) < 4.78 is 5.51.